The van der Waals surface area contributed by atoms with Crippen LogP contribution in [0.25, 0.3) is 11.2 Å². The number of fused-ring (bicyclic) bond motifs is 1. The number of nitrogen functional groups attached to an aromatic ring is 1. The van der Waals surface area contributed by atoms with Crippen molar-refractivity contribution in [3.63, 3.8) is 0 Å². The quantitative estimate of drug-likeness (QED) is 0.700. The van der Waals surface area contributed by atoms with Gasteiger partial charge in [0.15, 0.2) is 11.5 Å². The van der Waals surface area contributed by atoms with Crippen molar-refractivity contribution in [2.45, 2.75) is 31.4 Å². The number of hydrogen-bond acceptors (Lipinski definition) is 6. The average molecular weight is 313 g/mol. The minimum absolute atomic E-state index is 0.131. The van der Waals surface area contributed by atoms with Gasteiger partial charge in [-0.1, -0.05) is 0 Å². The van der Waals surface area contributed by atoms with E-state index in [2.05, 4.69) is 15.0 Å². The molecule has 2 aromatic rings. The lowest BCUT2D eigenvalue weighted by Crippen LogP contribution is -2.11. The van der Waals surface area contributed by atoms with E-state index in [9.17, 15) is 4.57 Å². The Morgan fingerprint density at radius 3 is 2.95 bits per heavy atom. The number of imidazole rings is 1. The molecular weight excluding hydrogens is 297 g/mol. The molecule has 3 rings (SSSR count). The SMILES string of the molecule is Nc1ncnc2c1ncn2C1CCC(OCP(=O)(O)O)C1. The molecule has 0 aliphatic heterocycles. The highest BCUT2D eigenvalue weighted by Crippen LogP contribution is 2.39. The van der Waals surface area contributed by atoms with Crippen LogP contribution >= 0.6 is 7.60 Å². The normalized spacial score (nSPS) is 23.0. The van der Waals surface area contributed by atoms with Crippen LogP contribution in [0.1, 0.15) is 25.3 Å². The molecule has 0 radical (unpaired) electrons. The average Bonchev–Trinajstić information content (AvgIpc) is 3.02. The van der Waals surface area contributed by atoms with Gasteiger partial charge in [0.25, 0.3) is 0 Å². The van der Waals surface area contributed by atoms with Crippen molar-refractivity contribution >= 4 is 24.6 Å². The Hall–Kier alpha value is -1.54. The first-order valence-electron chi connectivity index (χ1n) is 6.53. The summed E-state index contributed by atoms with van der Waals surface area (Å²) in [6, 6.07) is 0.131. The van der Waals surface area contributed by atoms with Gasteiger partial charge in [0.2, 0.25) is 0 Å². The summed E-state index contributed by atoms with van der Waals surface area (Å²) >= 11 is 0. The summed E-state index contributed by atoms with van der Waals surface area (Å²) in [7, 11) is -4.12. The Balaban J connectivity index is 1.73. The van der Waals surface area contributed by atoms with E-state index < -0.39 is 13.9 Å². The molecule has 21 heavy (non-hydrogen) atoms. The fourth-order valence-electron chi connectivity index (χ4n) is 2.66. The molecule has 1 saturated carbocycles. The third kappa shape index (κ3) is 3.06. The minimum Gasteiger partial charge on any atom is -0.382 e. The van der Waals surface area contributed by atoms with Gasteiger partial charge in [0, 0.05) is 6.04 Å². The number of aromatic nitrogens is 4. The van der Waals surface area contributed by atoms with E-state index in [-0.39, 0.29) is 12.1 Å². The fourth-order valence-corrected chi connectivity index (χ4v) is 3.07. The van der Waals surface area contributed by atoms with Gasteiger partial charge in [-0.05, 0) is 19.3 Å². The van der Waals surface area contributed by atoms with E-state index in [0.29, 0.717) is 23.4 Å². The Kier molecular flexibility index (Phi) is 3.66. The Labute approximate surface area is 120 Å². The summed E-state index contributed by atoms with van der Waals surface area (Å²) in [5, 5.41) is 0. The summed E-state index contributed by atoms with van der Waals surface area (Å²) in [4.78, 5) is 30.0. The summed E-state index contributed by atoms with van der Waals surface area (Å²) in [6.45, 7) is 0. The van der Waals surface area contributed by atoms with Gasteiger partial charge in [-0.15, -0.1) is 0 Å². The van der Waals surface area contributed by atoms with Crippen LogP contribution in [0.3, 0.4) is 0 Å². The van der Waals surface area contributed by atoms with Gasteiger partial charge in [0.05, 0.1) is 12.4 Å². The number of anilines is 1. The summed E-state index contributed by atoms with van der Waals surface area (Å²) < 4.78 is 18.0. The maximum absolute atomic E-state index is 10.8. The summed E-state index contributed by atoms with van der Waals surface area (Å²) in [5.41, 5.74) is 6.99. The van der Waals surface area contributed by atoms with Crippen LogP contribution < -0.4 is 5.73 Å². The topological polar surface area (TPSA) is 136 Å². The van der Waals surface area contributed by atoms with Crippen LogP contribution in [0, 0.1) is 0 Å². The van der Waals surface area contributed by atoms with Crippen molar-refractivity contribution in [3.8, 4) is 0 Å². The van der Waals surface area contributed by atoms with E-state index >= 15 is 0 Å². The Morgan fingerprint density at radius 1 is 1.38 bits per heavy atom. The molecule has 1 aliphatic rings. The number of hydrogen-bond donors (Lipinski definition) is 3. The number of ether oxygens (including phenoxy) is 1. The van der Waals surface area contributed by atoms with Crippen molar-refractivity contribution in [2.75, 3.05) is 12.1 Å². The van der Waals surface area contributed by atoms with E-state index in [1.165, 1.54) is 6.33 Å². The Bertz CT molecular complexity index is 699. The van der Waals surface area contributed by atoms with Crippen LogP contribution in [0.15, 0.2) is 12.7 Å². The summed E-state index contributed by atoms with van der Waals surface area (Å²) in [5.74, 6) is 0.339. The molecule has 114 valence electrons. The minimum atomic E-state index is -4.12. The zero-order valence-electron chi connectivity index (χ0n) is 11.2. The second kappa shape index (κ2) is 5.34. The molecule has 0 spiro atoms. The van der Waals surface area contributed by atoms with Gasteiger partial charge in [0.1, 0.15) is 18.2 Å². The molecule has 0 saturated heterocycles. The van der Waals surface area contributed by atoms with Crippen molar-refractivity contribution < 1.29 is 19.1 Å². The predicted molar refractivity (Wildman–Crippen MR) is 74.4 cm³/mol. The highest BCUT2D eigenvalue weighted by molar-refractivity contribution is 7.51. The molecule has 2 aromatic heterocycles. The largest absolute Gasteiger partial charge is 0.382 e. The molecule has 9 nitrogen and oxygen atoms in total. The second-order valence-corrected chi connectivity index (χ2v) is 6.72. The van der Waals surface area contributed by atoms with E-state index in [1.54, 1.807) is 6.33 Å². The molecule has 4 N–H and O–H groups in total. The molecule has 0 aromatic carbocycles. The van der Waals surface area contributed by atoms with Crippen molar-refractivity contribution in [1.29, 1.82) is 0 Å². The van der Waals surface area contributed by atoms with E-state index in [0.717, 1.165) is 12.8 Å². The van der Waals surface area contributed by atoms with E-state index in [1.807, 2.05) is 4.57 Å². The van der Waals surface area contributed by atoms with Crippen LogP contribution in [-0.4, -0.2) is 41.8 Å². The van der Waals surface area contributed by atoms with Gasteiger partial charge in [-0.2, -0.15) is 0 Å². The molecule has 2 heterocycles. The van der Waals surface area contributed by atoms with Crippen molar-refractivity contribution in [3.05, 3.63) is 12.7 Å². The van der Waals surface area contributed by atoms with Crippen LogP contribution in [0.4, 0.5) is 5.82 Å². The highest BCUT2D eigenvalue weighted by Gasteiger charge is 2.29. The lowest BCUT2D eigenvalue weighted by molar-refractivity contribution is 0.0777. The first kappa shape index (κ1) is 14.4. The number of nitrogens with zero attached hydrogens (tertiary/aromatic N) is 4. The lowest BCUT2D eigenvalue weighted by Gasteiger charge is -2.14. The third-order valence-electron chi connectivity index (χ3n) is 3.62. The molecule has 1 fully saturated rings. The standard InChI is InChI=1S/C11H16N5O4P/c12-10-9-11(14-4-13-10)16(5-15-9)7-1-2-8(3-7)20-6-21(17,18)19/h4-5,7-8H,1-3,6H2,(H2,12,13,14)(H2,17,18,19). The van der Waals surface area contributed by atoms with E-state index in [4.69, 9.17) is 20.3 Å². The maximum atomic E-state index is 10.8. The first-order chi connectivity index (χ1) is 9.94. The van der Waals surface area contributed by atoms with Crippen LogP contribution in [-0.2, 0) is 9.30 Å². The van der Waals surface area contributed by atoms with Crippen molar-refractivity contribution in [2.24, 2.45) is 0 Å². The van der Waals surface area contributed by atoms with Gasteiger partial charge < -0.3 is 24.8 Å². The van der Waals surface area contributed by atoms with Gasteiger partial charge in [-0.3, -0.25) is 4.57 Å². The number of rotatable bonds is 4. The summed E-state index contributed by atoms with van der Waals surface area (Å²) in [6.07, 6.45) is 4.60. The van der Waals surface area contributed by atoms with Crippen LogP contribution in [0.5, 0.6) is 0 Å². The second-order valence-electron chi connectivity index (χ2n) is 5.13. The highest BCUT2D eigenvalue weighted by atomic mass is 31.2. The number of nitrogens with two attached hydrogens (primary N) is 1. The lowest BCUT2D eigenvalue weighted by atomic mass is 10.2. The zero-order chi connectivity index (χ0) is 15.0. The van der Waals surface area contributed by atoms with Gasteiger partial charge in [-0.25, -0.2) is 15.0 Å². The van der Waals surface area contributed by atoms with Gasteiger partial charge >= 0.3 is 7.60 Å². The monoisotopic (exact) mass is 313 g/mol. The molecule has 0 bridgehead atoms. The molecule has 10 heteroatoms. The Morgan fingerprint density at radius 2 is 2.19 bits per heavy atom. The zero-order valence-corrected chi connectivity index (χ0v) is 12.1. The predicted octanol–water partition coefficient (Wildman–Crippen LogP) is 0.654. The van der Waals surface area contributed by atoms with Crippen LogP contribution in [0.2, 0.25) is 0 Å². The maximum Gasteiger partial charge on any atom is 0.350 e. The molecule has 2 atom stereocenters. The molecular formula is C11H16N5O4P. The molecule has 2 unspecified atom stereocenters. The fraction of sp³-hybridized carbons (Fsp3) is 0.545. The molecule has 0 amide bonds. The molecule has 1 aliphatic carbocycles. The smallest absolute Gasteiger partial charge is 0.350 e. The van der Waals surface area contributed by atoms with Crippen molar-refractivity contribution in [1.82, 2.24) is 19.5 Å². The first-order valence-corrected chi connectivity index (χ1v) is 8.33. The third-order valence-corrected chi connectivity index (χ3v) is 4.10.